The number of anilines is 1. The van der Waals surface area contributed by atoms with Crippen molar-refractivity contribution in [1.82, 2.24) is 4.98 Å². The molecule has 0 N–H and O–H groups in total. The van der Waals surface area contributed by atoms with Gasteiger partial charge in [-0.25, -0.2) is 4.98 Å². The molecule has 0 saturated carbocycles. The fourth-order valence-electron chi connectivity index (χ4n) is 1.35. The Morgan fingerprint density at radius 3 is 2.38 bits per heavy atom. The molecule has 90 valence electrons. The molecular formula is C13H22N2S. The van der Waals surface area contributed by atoms with Crippen molar-refractivity contribution in [3.63, 3.8) is 0 Å². The third-order valence-corrected chi connectivity index (χ3v) is 3.57. The Labute approximate surface area is 103 Å². The monoisotopic (exact) mass is 238 g/mol. The van der Waals surface area contributed by atoms with Crippen LogP contribution in [0.5, 0.6) is 0 Å². The second-order valence-electron chi connectivity index (χ2n) is 4.98. The van der Waals surface area contributed by atoms with Gasteiger partial charge in [0.2, 0.25) is 0 Å². The van der Waals surface area contributed by atoms with E-state index in [0.717, 1.165) is 18.1 Å². The summed E-state index contributed by atoms with van der Waals surface area (Å²) >= 11 is 1.87. The van der Waals surface area contributed by atoms with Crippen molar-refractivity contribution in [1.29, 1.82) is 0 Å². The highest BCUT2D eigenvalue weighted by molar-refractivity contribution is 8.00. The average Bonchev–Trinajstić information content (AvgIpc) is 2.18. The first-order valence-electron chi connectivity index (χ1n) is 5.71. The fraction of sp³-hybridized carbons (Fsp3) is 0.615. The molecule has 0 aliphatic carbocycles. The molecule has 16 heavy (non-hydrogen) atoms. The summed E-state index contributed by atoms with van der Waals surface area (Å²) in [6.07, 6.45) is 0. The molecule has 0 bridgehead atoms. The first-order chi connectivity index (χ1) is 7.33. The van der Waals surface area contributed by atoms with Gasteiger partial charge in [-0.1, -0.05) is 20.8 Å². The van der Waals surface area contributed by atoms with Crippen molar-refractivity contribution in [2.75, 3.05) is 18.5 Å². The predicted octanol–water partition coefficient (Wildman–Crippen LogP) is 3.74. The van der Waals surface area contributed by atoms with Crippen LogP contribution in [0.25, 0.3) is 0 Å². The third-order valence-electron chi connectivity index (χ3n) is 2.30. The van der Waals surface area contributed by atoms with E-state index in [9.17, 15) is 0 Å². The Morgan fingerprint density at radius 2 is 1.94 bits per heavy atom. The van der Waals surface area contributed by atoms with Crippen LogP contribution in [0.2, 0.25) is 0 Å². The Morgan fingerprint density at radius 1 is 1.31 bits per heavy atom. The third kappa shape index (κ3) is 3.71. The van der Waals surface area contributed by atoms with Crippen LogP contribution >= 0.6 is 11.8 Å². The van der Waals surface area contributed by atoms with Crippen molar-refractivity contribution in [2.45, 2.75) is 44.3 Å². The summed E-state index contributed by atoms with van der Waals surface area (Å²) in [5.41, 5.74) is 1.12. The lowest BCUT2D eigenvalue weighted by Crippen LogP contribution is -2.17. The molecule has 0 saturated heterocycles. The normalized spacial score (nSPS) is 11.6. The van der Waals surface area contributed by atoms with Crippen LogP contribution in [0, 0.1) is 6.92 Å². The van der Waals surface area contributed by atoms with Crippen LogP contribution in [0.15, 0.2) is 17.0 Å². The maximum Gasteiger partial charge on any atom is 0.128 e. The fourth-order valence-corrected chi connectivity index (χ4v) is 2.34. The molecule has 1 aromatic heterocycles. The van der Waals surface area contributed by atoms with Gasteiger partial charge in [0.15, 0.2) is 0 Å². The van der Waals surface area contributed by atoms with E-state index in [2.05, 4.69) is 63.7 Å². The summed E-state index contributed by atoms with van der Waals surface area (Å²) < 4.78 is 0.241. The summed E-state index contributed by atoms with van der Waals surface area (Å²) in [5.74, 6) is 1.05. The average molecular weight is 238 g/mol. The second-order valence-corrected chi connectivity index (χ2v) is 6.85. The molecule has 0 fully saturated rings. The first-order valence-corrected chi connectivity index (χ1v) is 6.53. The highest BCUT2D eigenvalue weighted by Gasteiger charge is 2.14. The molecule has 0 aliphatic heterocycles. The molecule has 2 nitrogen and oxygen atoms in total. The van der Waals surface area contributed by atoms with Crippen molar-refractivity contribution in [3.8, 4) is 0 Å². The van der Waals surface area contributed by atoms with Crippen molar-refractivity contribution >= 4 is 17.6 Å². The quantitative estimate of drug-likeness (QED) is 0.746. The molecule has 0 unspecified atom stereocenters. The molecule has 0 aliphatic rings. The van der Waals surface area contributed by atoms with Crippen LogP contribution in [-0.2, 0) is 0 Å². The van der Waals surface area contributed by atoms with E-state index in [1.54, 1.807) is 0 Å². The van der Waals surface area contributed by atoms with Crippen molar-refractivity contribution < 1.29 is 0 Å². The number of thioether (sulfide) groups is 1. The van der Waals surface area contributed by atoms with Crippen LogP contribution in [-0.4, -0.2) is 23.3 Å². The van der Waals surface area contributed by atoms with E-state index < -0.39 is 0 Å². The first kappa shape index (κ1) is 13.4. The number of hydrogen-bond acceptors (Lipinski definition) is 3. The smallest absolute Gasteiger partial charge is 0.128 e. The van der Waals surface area contributed by atoms with Crippen molar-refractivity contribution in [3.05, 3.63) is 17.8 Å². The van der Waals surface area contributed by atoms with E-state index in [1.165, 1.54) is 4.90 Å². The number of pyridine rings is 1. The van der Waals surface area contributed by atoms with Gasteiger partial charge >= 0.3 is 0 Å². The summed E-state index contributed by atoms with van der Waals surface area (Å²) in [6.45, 7) is 11.9. The summed E-state index contributed by atoms with van der Waals surface area (Å²) in [5, 5.41) is 0. The van der Waals surface area contributed by atoms with E-state index in [1.807, 2.05) is 11.8 Å². The van der Waals surface area contributed by atoms with E-state index in [4.69, 9.17) is 0 Å². The molecule has 0 aromatic carbocycles. The maximum absolute atomic E-state index is 4.63. The minimum atomic E-state index is 0.241. The molecule has 1 heterocycles. The lowest BCUT2D eigenvalue weighted by molar-refractivity contribution is 0.801. The Bertz CT molecular complexity index is 355. The Kier molecular flexibility index (Phi) is 4.25. The topological polar surface area (TPSA) is 16.1 Å². The van der Waals surface area contributed by atoms with Crippen LogP contribution in [0.3, 0.4) is 0 Å². The number of nitrogens with zero attached hydrogens (tertiary/aromatic N) is 2. The molecule has 3 heteroatoms. The minimum absolute atomic E-state index is 0.241. The molecule has 0 amide bonds. The zero-order valence-corrected chi connectivity index (χ0v) is 12.0. The van der Waals surface area contributed by atoms with E-state index in [-0.39, 0.29) is 4.75 Å². The zero-order chi connectivity index (χ0) is 12.3. The lowest BCUT2D eigenvalue weighted by atomic mass is 10.3. The standard InChI is InChI=1S/C13H22N2S/c1-7-15(6)12-9-8-11(10(2)14-12)16-13(3,4)5/h8-9H,7H2,1-6H3. The number of hydrogen-bond donors (Lipinski definition) is 0. The minimum Gasteiger partial charge on any atom is -0.360 e. The van der Waals surface area contributed by atoms with Crippen molar-refractivity contribution in [2.24, 2.45) is 0 Å². The van der Waals surface area contributed by atoms with Gasteiger partial charge in [0.25, 0.3) is 0 Å². The van der Waals surface area contributed by atoms with E-state index in [0.29, 0.717) is 0 Å². The second kappa shape index (κ2) is 5.09. The summed E-state index contributed by atoms with van der Waals surface area (Å²) in [7, 11) is 2.07. The van der Waals surface area contributed by atoms with Gasteiger partial charge < -0.3 is 4.90 Å². The lowest BCUT2D eigenvalue weighted by Gasteiger charge is -2.21. The number of rotatable bonds is 3. The highest BCUT2D eigenvalue weighted by atomic mass is 32.2. The maximum atomic E-state index is 4.63. The van der Waals surface area contributed by atoms with Crippen LogP contribution < -0.4 is 4.90 Å². The molecule has 1 rings (SSSR count). The zero-order valence-electron chi connectivity index (χ0n) is 11.2. The molecule has 0 atom stereocenters. The largest absolute Gasteiger partial charge is 0.360 e. The van der Waals surface area contributed by atoms with Gasteiger partial charge in [0.1, 0.15) is 5.82 Å². The molecular weight excluding hydrogens is 216 g/mol. The highest BCUT2D eigenvalue weighted by Crippen LogP contribution is 2.33. The van der Waals surface area contributed by atoms with Gasteiger partial charge in [-0.05, 0) is 26.0 Å². The molecule has 0 radical (unpaired) electrons. The Hall–Kier alpha value is -0.700. The van der Waals surface area contributed by atoms with Gasteiger partial charge in [-0.2, -0.15) is 0 Å². The number of aryl methyl sites for hydroxylation is 1. The number of aromatic nitrogens is 1. The Balaban J connectivity index is 2.92. The van der Waals surface area contributed by atoms with Gasteiger partial charge in [-0.15, -0.1) is 11.8 Å². The van der Waals surface area contributed by atoms with Gasteiger partial charge in [0.05, 0.1) is 5.69 Å². The molecule has 1 aromatic rings. The predicted molar refractivity (Wildman–Crippen MR) is 73.5 cm³/mol. The van der Waals surface area contributed by atoms with E-state index >= 15 is 0 Å². The SMILES string of the molecule is CCN(C)c1ccc(SC(C)(C)C)c(C)n1. The van der Waals surface area contributed by atoms with Crippen LogP contribution in [0.1, 0.15) is 33.4 Å². The van der Waals surface area contributed by atoms with Gasteiger partial charge in [-0.3, -0.25) is 0 Å². The summed E-state index contributed by atoms with van der Waals surface area (Å²) in [6, 6.07) is 4.28. The summed E-state index contributed by atoms with van der Waals surface area (Å²) in [4.78, 5) is 8.06. The van der Waals surface area contributed by atoms with Gasteiger partial charge in [0, 0.05) is 23.2 Å². The molecule has 0 spiro atoms. The van der Waals surface area contributed by atoms with Crippen LogP contribution in [0.4, 0.5) is 5.82 Å².